The van der Waals surface area contributed by atoms with Gasteiger partial charge >= 0.3 is 0 Å². The maximum absolute atomic E-state index is 14.7. The number of pyridine rings is 1. The molecule has 0 spiro atoms. The normalized spacial score (nSPS) is 20.4. The molecule has 2 aromatic carbocycles. The molecule has 3 aromatic rings. The van der Waals surface area contributed by atoms with Crippen molar-refractivity contribution in [2.45, 2.75) is 57.3 Å². The number of carbonyl (C=O) groups is 1. The molecule has 3 heterocycles. The second kappa shape index (κ2) is 15.4. The van der Waals surface area contributed by atoms with Gasteiger partial charge in [0, 0.05) is 60.7 Å². The van der Waals surface area contributed by atoms with E-state index in [2.05, 4.69) is 15.6 Å². The van der Waals surface area contributed by atoms with E-state index in [-0.39, 0.29) is 29.0 Å². The molecule has 10 nitrogen and oxygen atoms in total. The van der Waals surface area contributed by atoms with E-state index < -0.39 is 0 Å². The SMILES string of the molecule is COc1ccc(CN2C(=O)C(C(=S)Nc3cccc(Cl)c3OC)=C(NCc3ccncc3OC[C@@H]3CCCO3)[C@@H]3CCC[C@@H]32)c(OC)c1. The van der Waals surface area contributed by atoms with E-state index in [1.54, 1.807) is 39.8 Å². The van der Waals surface area contributed by atoms with Gasteiger partial charge in [0.15, 0.2) is 5.75 Å². The highest BCUT2D eigenvalue weighted by atomic mass is 35.5. The number of benzene rings is 2. The number of methoxy groups -OCH3 is 3. The Morgan fingerprint density at radius 2 is 1.92 bits per heavy atom. The molecule has 0 radical (unpaired) electrons. The van der Waals surface area contributed by atoms with E-state index in [1.807, 2.05) is 41.3 Å². The molecular formula is C36H41ClN4O6S. The van der Waals surface area contributed by atoms with Gasteiger partial charge in [-0.15, -0.1) is 0 Å². The maximum atomic E-state index is 14.7. The average molecular weight is 693 g/mol. The third kappa shape index (κ3) is 7.18. The Morgan fingerprint density at radius 3 is 2.69 bits per heavy atom. The summed E-state index contributed by atoms with van der Waals surface area (Å²) in [4.78, 5) is 21.2. The molecule has 1 aromatic heterocycles. The van der Waals surface area contributed by atoms with Crippen molar-refractivity contribution in [3.8, 4) is 23.0 Å². The number of halogens is 1. The number of amides is 1. The summed E-state index contributed by atoms with van der Waals surface area (Å²) in [5.41, 5.74) is 3.62. The lowest BCUT2D eigenvalue weighted by Crippen LogP contribution is -2.51. The quantitative estimate of drug-likeness (QED) is 0.198. The zero-order chi connectivity index (χ0) is 33.6. The maximum Gasteiger partial charge on any atom is 0.259 e. The monoisotopic (exact) mass is 692 g/mol. The Balaban J connectivity index is 1.34. The largest absolute Gasteiger partial charge is 0.497 e. The minimum atomic E-state index is -0.165. The summed E-state index contributed by atoms with van der Waals surface area (Å²) in [6, 6.07) is 13.0. The molecule has 0 unspecified atom stereocenters. The van der Waals surface area contributed by atoms with Crippen LogP contribution in [0.3, 0.4) is 0 Å². The predicted octanol–water partition coefficient (Wildman–Crippen LogP) is 6.31. The van der Waals surface area contributed by atoms with Crippen LogP contribution < -0.4 is 29.6 Å². The van der Waals surface area contributed by atoms with E-state index in [4.69, 9.17) is 47.5 Å². The first-order chi connectivity index (χ1) is 23.4. The van der Waals surface area contributed by atoms with Gasteiger partial charge in [0.2, 0.25) is 0 Å². The number of aromatic nitrogens is 1. The van der Waals surface area contributed by atoms with Crippen molar-refractivity contribution >= 4 is 40.4 Å². The molecule has 1 amide bonds. The number of ether oxygens (including phenoxy) is 5. The van der Waals surface area contributed by atoms with Crippen molar-refractivity contribution < 1.29 is 28.5 Å². The Hall–Kier alpha value is -4.06. The van der Waals surface area contributed by atoms with Gasteiger partial charge in [-0.05, 0) is 56.0 Å². The molecular weight excluding hydrogens is 652 g/mol. The summed E-state index contributed by atoms with van der Waals surface area (Å²) in [7, 11) is 4.79. The zero-order valence-electron chi connectivity index (χ0n) is 27.4. The number of nitrogens with zero attached hydrogens (tertiary/aromatic N) is 2. The molecule has 2 aliphatic heterocycles. The fourth-order valence-electron chi connectivity index (χ4n) is 6.87. The molecule has 254 valence electrons. The van der Waals surface area contributed by atoms with Gasteiger partial charge in [-0.2, -0.15) is 0 Å². The van der Waals surface area contributed by atoms with Crippen LogP contribution in [0.2, 0.25) is 5.02 Å². The van der Waals surface area contributed by atoms with Crippen LogP contribution in [-0.4, -0.2) is 67.5 Å². The van der Waals surface area contributed by atoms with Gasteiger partial charge in [-0.25, -0.2) is 0 Å². The van der Waals surface area contributed by atoms with Crippen LogP contribution >= 0.6 is 23.8 Å². The fourth-order valence-corrected chi connectivity index (χ4v) is 7.43. The number of hydrogen-bond acceptors (Lipinski definition) is 9. The highest BCUT2D eigenvalue weighted by Gasteiger charge is 2.45. The molecule has 1 saturated heterocycles. The molecule has 12 heteroatoms. The van der Waals surface area contributed by atoms with Crippen LogP contribution in [0.25, 0.3) is 0 Å². The first kappa shape index (κ1) is 33.8. The van der Waals surface area contributed by atoms with Gasteiger partial charge in [0.05, 0.1) is 49.9 Å². The first-order valence-corrected chi connectivity index (χ1v) is 17.0. The van der Waals surface area contributed by atoms with Crippen LogP contribution in [0.5, 0.6) is 23.0 Å². The van der Waals surface area contributed by atoms with Crippen molar-refractivity contribution in [1.82, 2.24) is 15.2 Å². The van der Waals surface area contributed by atoms with Crippen LogP contribution in [-0.2, 0) is 22.6 Å². The third-order valence-electron chi connectivity index (χ3n) is 9.26. The van der Waals surface area contributed by atoms with Crippen LogP contribution in [0, 0.1) is 5.92 Å². The fraction of sp³-hybridized carbons (Fsp3) is 0.417. The number of nitrogens with one attached hydrogen (secondary N) is 2. The summed E-state index contributed by atoms with van der Waals surface area (Å²) in [5.74, 6) is 2.35. The van der Waals surface area contributed by atoms with E-state index in [0.717, 1.165) is 55.5 Å². The molecule has 2 N–H and O–H groups in total. The minimum absolute atomic E-state index is 0.0215. The number of anilines is 1. The highest BCUT2D eigenvalue weighted by Crippen LogP contribution is 2.42. The summed E-state index contributed by atoms with van der Waals surface area (Å²) < 4.78 is 28.6. The molecule has 1 aliphatic carbocycles. The topological polar surface area (TPSA) is 103 Å². The number of fused-ring (bicyclic) bond motifs is 1. The van der Waals surface area contributed by atoms with Gasteiger partial charge in [-0.1, -0.05) is 36.3 Å². The Bertz CT molecular complexity index is 1680. The summed E-state index contributed by atoms with van der Waals surface area (Å²) in [5, 5.41) is 7.37. The van der Waals surface area contributed by atoms with E-state index in [9.17, 15) is 4.79 Å². The van der Waals surface area contributed by atoms with Crippen molar-refractivity contribution in [2.24, 2.45) is 5.92 Å². The predicted molar refractivity (Wildman–Crippen MR) is 188 cm³/mol. The lowest BCUT2D eigenvalue weighted by molar-refractivity contribution is -0.131. The standard InChI is InChI=1S/C36H41ClN4O6S/c1-43-24-13-12-23(30(17-24)44-2)20-41-29-11-4-8-26(29)33(32(36(41)42)35(48)40-28-10-5-9-27(37)34(28)45-3)39-18-22-14-15-38-19-31(22)47-21-25-7-6-16-46-25/h5,9-10,12-15,17,19,25-26,29,39H,4,6-8,11,16,18,20-21H2,1-3H3,(H,40,48)/t25-,26+,29-/m0/s1. The van der Waals surface area contributed by atoms with Crippen molar-refractivity contribution in [1.29, 1.82) is 0 Å². The Labute approximate surface area is 291 Å². The third-order valence-corrected chi connectivity index (χ3v) is 9.87. The lowest BCUT2D eigenvalue weighted by atomic mass is 9.88. The van der Waals surface area contributed by atoms with E-state index in [0.29, 0.717) is 59.0 Å². The number of carbonyl (C=O) groups excluding carboxylic acids is 1. The molecule has 0 bridgehead atoms. The molecule has 48 heavy (non-hydrogen) atoms. The van der Waals surface area contributed by atoms with Gasteiger partial charge < -0.3 is 39.2 Å². The smallest absolute Gasteiger partial charge is 0.259 e. The van der Waals surface area contributed by atoms with Gasteiger partial charge in [0.1, 0.15) is 28.8 Å². The molecule has 1 saturated carbocycles. The molecule has 2 fully saturated rings. The van der Waals surface area contributed by atoms with E-state index >= 15 is 0 Å². The molecule has 3 atom stereocenters. The number of hydrogen-bond donors (Lipinski definition) is 2. The van der Waals surface area contributed by atoms with Crippen LogP contribution in [0.4, 0.5) is 5.69 Å². The molecule has 6 rings (SSSR count). The highest BCUT2D eigenvalue weighted by molar-refractivity contribution is 7.81. The minimum Gasteiger partial charge on any atom is -0.497 e. The van der Waals surface area contributed by atoms with Crippen molar-refractivity contribution in [3.63, 3.8) is 0 Å². The number of rotatable bonds is 13. The Morgan fingerprint density at radius 1 is 1.04 bits per heavy atom. The van der Waals surface area contributed by atoms with E-state index in [1.165, 1.54) is 0 Å². The average Bonchev–Trinajstić information content (AvgIpc) is 3.81. The summed E-state index contributed by atoms with van der Waals surface area (Å²) >= 11 is 12.5. The lowest BCUT2D eigenvalue weighted by Gasteiger charge is -2.41. The second-order valence-corrected chi connectivity index (χ2v) is 12.9. The van der Waals surface area contributed by atoms with Crippen LogP contribution in [0.15, 0.2) is 66.1 Å². The van der Waals surface area contributed by atoms with Crippen molar-refractivity contribution in [3.05, 3.63) is 82.3 Å². The van der Waals surface area contributed by atoms with Crippen molar-refractivity contribution in [2.75, 3.05) is 39.9 Å². The summed E-state index contributed by atoms with van der Waals surface area (Å²) in [6.07, 6.45) is 8.34. The van der Waals surface area contributed by atoms with Gasteiger partial charge in [-0.3, -0.25) is 9.78 Å². The second-order valence-electron chi connectivity index (χ2n) is 12.1. The van der Waals surface area contributed by atoms with Crippen LogP contribution in [0.1, 0.15) is 43.2 Å². The molecule has 3 aliphatic rings. The summed E-state index contributed by atoms with van der Waals surface area (Å²) in [6.45, 7) is 2.02. The number of para-hydroxylation sites is 1. The first-order valence-electron chi connectivity index (χ1n) is 16.2. The zero-order valence-corrected chi connectivity index (χ0v) is 29.0. The number of thiocarbonyl (C=S) groups is 1. The van der Waals surface area contributed by atoms with Gasteiger partial charge in [0.25, 0.3) is 5.91 Å². The Kier molecular flexibility index (Phi) is 10.9.